The molecule has 0 radical (unpaired) electrons. The highest BCUT2D eigenvalue weighted by Gasteiger charge is 2.23. The summed E-state index contributed by atoms with van der Waals surface area (Å²) in [6.45, 7) is 9.20. The number of likely N-dealkylation sites (tertiary alicyclic amines) is 1. The second kappa shape index (κ2) is 6.89. The van der Waals surface area contributed by atoms with Gasteiger partial charge in [-0.3, -0.25) is 5.10 Å². The van der Waals surface area contributed by atoms with E-state index in [0.29, 0.717) is 23.9 Å². The van der Waals surface area contributed by atoms with E-state index < -0.39 is 10.0 Å². The van der Waals surface area contributed by atoms with Crippen molar-refractivity contribution in [2.75, 3.05) is 26.2 Å². The van der Waals surface area contributed by atoms with Crippen LogP contribution in [-0.2, 0) is 10.0 Å². The van der Waals surface area contributed by atoms with Gasteiger partial charge in [0, 0.05) is 13.1 Å². The predicted octanol–water partition coefficient (Wildman–Crippen LogP) is 1.43. The summed E-state index contributed by atoms with van der Waals surface area (Å²) in [4.78, 5) is 2.71. The number of hydrogen-bond donors (Lipinski definition) is 2. The van der Waals surface area contributed by atoms with Crippen molar-refractivity contribution in [1.29, 1.82) is 0 Å². The minimum Gasteiger partial charge on any atom is -0.303 e. The number of aromatic amines is 1. The maximum absolute atomic E-state index is 12.3. The van der Waals surface area contributed by atoms with Crippen molar-refractivity contribution >= 4 is 10.0 Å². The van der Waals surface area contributed by atoms with Gasteiger partial charge in [0.25, 0.3) is 0 Å². The normalized spacial score (nSPS) is 18.8. The Kier molecular flexibility index (Phi) is 5.40. The van der Waals surface area contributed by atoms with Crippen LogP contribution in [0.5, 0.6) is 0 Å². The number of nitrogens with one attached hydrogen (secondary N) is 2. The van der Waals surface area contributed by atoms with Crippen LogP contribution in [0.15, 0.2) is 4.90 Å². The summed E-state index contributed by atoms with van der Waals surface area (Å²) in [6, 6.07) is 0. The molecule has 21 heavy (non-hydrogen) atoms. The lowest BCUT2D eigenvalue weighted by atomic mass is 10.1. The third-order valence-electron chi connectivity index (χ3n) is 3.97. The fourth-order valence-electron chi connectivity index (χ4n) is 2.91. The fraction of sp³-hybridized carbons (Fsp3) is 0.786. The van der Waals surface area contributed by atoms with Gasteiger partial charge >= 0.3 is 0 Å². The number of H-pyrrole nitrogens is 1. The third-order valence-corrected chi connectivity index (χ3v) is 5.66. The third kappa shape index (κ3) is 4.28. The van der Waals surface area contributed by atoms with E-state index in [1.165, 1.54) is 19.3 Å². The van der Waals surface area contributed by atoms with Crippen LogP contribution in [0.4, 0.5) is 0 Å². The lowest BCUT2D eigenvalue weighted by Crippen LogP contribution is -2.38. The zero-order valence-electron chi connectivity index (χ0n) is 13.1. The second-order valence-electron chi connectivity index (χ2n) is 6.08. The molecule has 1 aliphatic heterocycles. The molecule has 120 valence electrons. The van der Waals surface area contributed by atoms with Gasteiger partial charge in [-0.1, -0.05) is 13.3 Å². The van der Waals surface area contributed by atoms with Crippen molar-refractivity contribution in [3.63, 3.8) is 0 Å². The van der Waals surface area contributed by atoms with E-state index in [2.05, 4.69) is 26.7 Å². The molecule has 1 saturated heterocycles. The van der Waals surface area contributed by atoms with Gasteiger partial charge in [0.05, 0.1) is 11.4 Å². The maximum Gasteiger partial charge on any atom is 0.244 e. The number of aromatic nitrogens is 2. The van der Waals surface area contributed by atoms with Crippen LogP contribution in [0.3, 0.4) is 0 Å². The van der Waals surface area contributed by atoms with Crippen LogP contribution in [0.25, 0.3) is 0 Å². The number of piperidine rings is 1. The van der Waals surface area contributed by atoms with Crippen LogP contribution in [-0.4, -0.2) is 49.7 Å². The van der Waals surface area contributed by atoms with Crippen molar-refractivity contribution in [3.8, 4) is 0 Å². The first kappa shape index (κ1) is 16.5. The molecule has 1 aromatic heterocycles. The van der Waals surface area contributed by atoms with E-state index in [9.17, 15) is 8.42 Å². The van der Waals surface area contributed by atoms with Crippen molar-refractivity contribution in [2.45, 2.75) is 44.9 Å². The Morgan fingerprint density at radius 2 is 1.95 bits per heavy atom. The lowest BCUT2D eigenvalue weighted by molar-refractivity contribution is 0.201. The van der Waals surface area contributed by atoms with E-state index in [4.69, 9.17) is 0 Å². The number of sulfonamides is 1. The van der Waals surface area contributed by atoms with E-state index in [1.807, 2.05) is 0 Å². The highest BCUT2D eigenvalue weighted by Crippen LogP contribution is 2.17. The Morgan fingerprint density at radius 1 is 1.29 bits per heavy atom. The van der Waals surface area contributed by atoms with Crippen molar-refractivity contribution in [1.82, 2.24) is 19.8 Å². The SMILES string of the molecule is Cc1n[nH]c(C)c1S(=O)(=O)NCC(C)CN1CCCCC1. The molecule has 1 aliphatic rings. The molecule has 2 rings (SSSR count). The Bertz CT molecular complexity index is 542. The van der Waals surface area contributed by atoms with E-state index >= 15 is 0 Å². The van der Waals surface area contributed by atoms with Crippen LogP contribution >= 0.6 is 0 Å². The Hall–Kier alpha value is -0.920. The summed E-state index contributed by atoms with van der Waals surface area (Å²) >= 11 is 0. The Labute approximate surface area is 127 Å². The molecule has 0 bridgehead atoms. The van der Waals surface area contributed by atoms with Gasteiger partial charge in [-0.25, -0.2) is 13.1 Å². The Morgan fingerprint density at radius 3 is 2.52 bits per heavy atom. The molecular weight excluding hydrogens is 288 g/mol. The Balaban J connectivity index is 1.89. The molecule has 0 amide bonds. The van der Waals surface area contributed by atoms with Crippen molar-refractivity contribution in [3.05, 3.63) is 11.4 Å². The zero-order chi connectivity index (χ0) is 15.5. The lowest BCUT2D eigenvalue weighted by Gasteiger charge is -2.29. The molecule has 1 atom stereocenters. The van der Waals surface area contributed by atoms with Crippen LogP contribution in [0.2, 0.25) is 0 Å². The number of aryl methyl sites for hydroxylation is 2. The number of nitrogens with zero attached hydrogens (tertiary/aromatic N) is 2. The van der Waals surface area contributed by atoms with Gasteiger partial charge in [0.2, 0.25) is 10.0 Å². The highest BCUT2D eigenvalue weighted by molar-refractivity contribution is 7.89. The van der Waals surface area contributed by atoms with Crippen LogP contribution < -0.4 is 4.72 Å². The van der Waals surface area contributed by atoms with Crippen LogP contribution in [0, 0.1) is 19.8 Å². The first-order valence-corrected chi connectivity index (χ1v) is 9.12. The quantitative estimate of drug-likeness (QED) is 0.832. The van der Waals surface area contributed by atoms with Gasteiger partial charge in [0.15, 0.2) is 0 Å². The molecule has 1 unspecified atom stereocenters. The predicted molar refractivity (Wildman–Crippen MR) is 82.7 cm³/mol. The second-order valence-corrected chi connectivity index (χ2v) is 7.79. The summed E-state index contributed by atoms with van der Waals surface area (Å²) < 4.78 is 27.4. The van der Waals surface area contributed by atoms with Gasteiger partial charge in [-0.05, 0) is 45.7 Å². The molecule has 0 saturated carbocycles. The smallest absolute Gasteiger partial charge is 0.244 e. The van der Waals surface area contributed by atoms with Crippen molar-refractivity contribution in [2.24, 2.45) is 5.92 Å². The summed E-state index contributed by atoms with van der Waals surface area (Å²) in [5, 5.41) is 6.67. The first-order chi connectivity index (χ1) is 9.90. The zero-order valence-corrected chi connectivity index (χ0v) is 14.0. The van der Waals surface area contributed by atoms with Gasteiger partial charge in [-0.15, -0.1) is 0 Å². The first-order valence-electron chi connectivity index (χ1n) is 7.63. The van der Waals surface area contributed by atoms with Gasteiger partial charge in [0.1, 0.15) is 4.90 Å². The minimum atomic E-state index is -3.48. The summed E-state index contributed by atoms with van der Waals surface area (Å²) in [7, 11) is -3.48. The molecular formula is C14H26N4O2S. The standard InChI is InChI=1S/C14H26N4O2S/c1-11(10-18-7-5-4-6-8-18)9-15-21(19,20)14-12(2)16-17-13(14)3/h11,15H,4-10H2,1-3H3,(H,16,17). The molecule has 2 heterocycles. The fourth-order valence-corrected chi connectivity index (χ4v) is 4.44. The molecule has 6 nitrogen and oxygen atoms in total. The average molecular weight is 314 g/mol. The number of rotatable bonds is 6. The largest absolute Gasteiger partial charge is 0.303 e. The van der Waals surface area contributed by atoms with E-state index in [1.54, 1.807) is 13.8 Å². The molecule has 0 aliphatic carbocycles. The maximum atomic E-state index is 12.3. The molecule has 1 aromatic rings. The van der Waals surface area contributed by atoms with Gasteiger partial charge in [-0.2, -0.15) is 5.10 Å². The average Bonchev–Trinajstić information content (AvgIpc) is 2.78. The molecule has 0 spiro atoms. The molecule has 2 N–H and O–H groups in total. The van der Waals surface area contributed by atoms with E-state index in [0.717, 1.165) is 19.6 Å². The molecule has 0 aromatic carbocycles. The molecule has 7 heteroatoms. The topological polar surface area (TPSA) is 78.1 Å². The number of hydrogen-bond acceptors (Lipinski definition) is 4. The van der Waals surface area contributed by atoms with Gasteiger partial charge < -0.3 is 4.90 Å². The molecule has 1 fully saturated rings. The monoisotopic (exact) mass is 314 g/mol. The van der Waals surface area contributed by atoms with Crippen molar-refractivity contribution < 1.29 is 8.42 Å². The van der Waals surface area contributed by atoms with E-state index in [-0.39, 0.29) is 4.90 Å². The summed E-state index contributed by atoms with van der Waals surface area (Å²) in [5.74, 6) is 0.297. The summed E-state index contributed by atoms with van der Waals surface area (Å²) in [6.07, 6.45) is 3.83. The minimum absolute atomic E-state index is 0.285. The van der Waals surface area contributed by atoms with Crippen LogP contribution in [0.1, 0.15) is 37.6 Å². The highest BCUT2D eigenvalue weighted by atomic mass is 32.2. The summed E-state index contributed by atoms with van der Waals surface area (Å²) in [5.41, 5.74) is 1.10.